The van der Waals surface area contributed by atoms with Crippen LogP contribution < -0.4 is 10.5 Å². The Morgan fingerprint density at radius 1 is 1.23 bits per heavy atom. The smallest absolute Gasteiger partial charge is 0.387 e. The van der Waals surface area contributed by atoms with Crippen molar-refractivity contribution in [3.63, 3.8) is 0 Å². The van der Waals surface area contributed by atoms with Gasteiger partial charge in [-0.15, -0.1) is 0 Å². The van der Waals surface area contributed by atoms with Crippen molar-refractivity contribution < 1.29 is 23.0 Å². The van der Waals surface area contributed by atoms with Crippen LogP contribution in [-0.2, 0) is 15.1 Å². The largest absolute Gasteiger partial charge is 0.435 e. The standard InChI is InChI=1S/C22H21F2N3O3/c1-14-12-17(9-10-18(14)30-20(23)24)22(19(28)27(2)21(25)26-22)16-8-4-6-15(13-16)7-5-11-29-3/h4,6,8-10,12-13,20H,11H2,1-3H3,(H2,25,26)/t22-/m0/s1. The van der Waals surface area contributed by atoms with E-state index in [9.17, 15) is 13.6 Å². The lowest BCUT2D eigenvalue weighted by atomic mass is 9.81. The highest BCUT2D eigenvalue weighted by molar-refractivity contribution is 6.09. The van der Waals surface area contributed by atoms with Crippen molar-refractivity contribution in [2.24, 2.45) is 10.7 Å². The molecule has 0 spiro atoms. The Balaban J connectivity index is 2.16. The summed E-state index contributed by atoms with van der Waals surface area (Å²) >= 11 is 0. The quantitative estimate of drug-likeness (QED) is 0.765. The van der Waals surface area contributed by atoms with Gasteiger partial charge in [0.1, 0.15) is 12.4 Å². The van der Waals surface area contributed by atoms with Gasteiger partial charge in [0.2, 0.25) is 0 Å². The molecule has 0 saturated carbocycles. The molecule has 8 heteroatoms. The zero-order valence-electron chi connectivity index (χ0n) is 16.8. The zero-order chi connectivity index (χ0) is 21.9. The van der Waals surface area contributed by atoms with Gasteiger partial charge in [-0.2, -0.15) is 8.78 Å². The third-order valence-electron chi connectivity index (χ3n) is 4.78. The van der Waals surface area contributed by atoms with Gasteiger partial charge in [0.15, 0.2) is 11.5 Å². The van der Waals surface area contributed by atoms with E-state index in [1.165, 1.54) is 18.0 Å². The van der Waals surface area contributed by atoms with Gasteiger partial charge in [-0.25, -0.2) is 4.99 Å². The zero-order valence-corrected chi connectivity index (χ0v) is 16.8. The molecule has 1 amide bonds. The van der Waals surface area contributed by atoms with Crippen molar-refractivity contribution in [1.29, 1.82) is 0 Å². The van der Waals surface area contributed by atoms with E-state index in [-0.39, 0.29) is 24.2 Å². The minimum absolute atomic E-state index is 0.0267. The van der Waals surface area contributed by atoms with Gasteiger partial charge < -0.3 is 15.2 Å². The number of likely N-dealkylation sites (N-methyl/N-ethyl adjacent to an activating group) is 1. The summed E-state index contributed by atoms with van der Waals surface area (Å²) in [5.74, 6) is 5.57. The van der Waals surface area contributed by atoms with Gasteiger partial charge in [-0.1, -0.05) is 30.0 Å². The summed E-state index contributed by atoms with van der Waals surface area (Å²) in [6.45, 7) is -1.05. The molecule has 1 atom stereocenters. The lowest BCUT2D eigenvalue weighted by Gasteiger charge is -2.27. The maximum atomic E-state index is 13.3. The summed E-state index contributed by atoms with van der Waals surface area (Å²) < 4.78 is 34.7. The van der Waals surface area contributed by atoms with Crippen molar-refractivity contribution >= 4 is 11.9 Å². The lowest BCUT2D eigenvalue weighted by Crippen LogP contribution is -2.41. The molecule has 0 radical (unpaired) electrons. The molecule has 2 aromatic rings. The SMILES string of the molecule is COCC#Cc1cccc([C@@]2(c3ccc(OC(F)F)c(C)c3)N=C(N)N(C)C2=O)c1. The predicted molar refractivity (Wildman–Crippen MR) is 108 cm³/mol. The molecule has 6 nitrogen and oxygen atoms in total. The first-order valence-corrected chi connectivity index (χ1v) is 9.07. The first-order valence-electron chi connectivity index (χ1n) is 9.07. The minimum Gasteiger partial charge on any atom is -0.435 e. The second-order valence-corrected chi connectivity index (χ2v) is 6.72. The molecular formula is C22H21F2N3O3. The molecular weight excluding hydrogens is 392 g/mol. The number of halogens is 2. The monoisotopic (exact) mass is 413 g/mol. The molecule has 2 N–H and O–H groups in total. The highest BCUT2D eigenvalue weighted by Crippen LogP contribution is 2.41. The third kappa shape index (κ3) is 3.84. The predicted octanol–water partition coefficient (Wildman–Crippen LogP) is 2.62. The summed E-state index contributed by atoms with van der Waals surface area (Å²) in [6.07, 6.45) is 0. The van der Waals surface area contributed by atoms with Crippen molar-refractivity contribution in [1.82, 2.24) is 4.90 Å². The van der Waals surface area contributed by atoms with Crippen LogP contribution in [0.15, 0.2) is 47.5 Å². The molecule has 0 aromatic heterocycles. The molecule has 0 saturated heterocycles. The second-order valence-electron chi connectivity index (χ2n) is 6.72. The molecule has 1 aliphatic heterocycles. The number of guanidine groups is 1. The highest BCUT2D eigenvalue weighted by Gasteiger charge is 2.49. The Bertz CT molecular complexity index is 1060. The van der Waals surface area contributed by atoms with E-state index in [2.05, 4.69) is 21.6 Å². The molecule has 1 aliphatic rings. The fraction of sp³-hybridized carbons (Fsp3) is 0.273. The maximum absolute atomic E-state index is 13.3. The van der Waals surface area contributed by atoms with Crippen LogP contribution in [0.4, 0.5) is 8.78 Å². The average Bonchev–Trinajstić information content (AvgIpc) is 2.94. The van der Waals surface area contributed by atoms with Crippen LogP contribution >= 0.6 is 0 Å². The molecule has 30 heavy (non-hydrogen) atoms. The Morgan fingerprint density at radius 2 is 1.97 bits per heavy atom. The van der Waals surface area contributed by atoms with E-state index >= 15 is 0 Å². The average molecular weight is 413 g/mol. The Hall–Kier alpha value is -3.44. The highest BCUT2D eigenvalue weighted by atomic mass is 19.3. The molecule has 156 valence electrons. The number of rotatable bonds is 5. The first kappa shape index (κ1) is 21.3. The lowest BCUT2D eigenvalue weighted by molar-refractivity contribution is -0.129. The number of carbonyl (C=O) groups is 1. The fourth-order valence-electron chi connectivity index (χ4n) is 3.32. The number of carbonyl (C=O) groups excluding carboxylic acids is 1. The number of nitrogens with two attached hydrogens (primary N) is 1. The van der Waals surface area contributed by atoms with Crippen molar-refractivity contribution in [2.45, 2.75) is 19.1 Å². The molecule has 0 aliphatic carbocycles. The minimum atomic E-state index is -2.95. The summed E-state index contributed by atoms with van der Waals surface area (Å²) in [6, 6.07) is 11.6. The number of benzene rings is 2. The van der Waals surface area contributed by atoms with Gasteiger partial charge >= 0.3 is 6.61 Å². The van der Waals surface area contributed by atoms with Crippen molar-refractivity contribution in [3.05, 3.63) is 64.7 Å². The maximum Gasteiger partial charge on any atom is 0.387 e. The number of alkyl halides is 2. The van der Waals surface area contributed by atoms with Crippen LogP contribution in [0.25, 0.3) is 0 Å². The Morgan fingerprint density at radius 3 is 2.57 bits per heavy atom. The van der Waals surface area contributed by atoms with Gasteiger partial charge in [-0.3, -0.25) is 9.69 Å². The van der Waals surface area contributed by atoms with Crippen LogP contribution in [-0.4, -0.2) is 44.1 Å². The third-order valence-corrected chi connectivity index (χ3v) is 4.78. The number of amides is 1. The van der Waals surface area contributed by atoms with Gasteiger partial charge in [-0.05, 0) is 47.9 Å². The first-order chi connectivity index (χ1) is 14.3. The van der Waals surface area contributed by atoms with E-state index in [0.717, 1.165) is 0 Å². The summed E-state index contributed by atoms with van der Waals surface area (Å²) in [5.41, 5.74) is 6.69. The summed E-state index contributed by atoms with van der Waals surface area (Å²) in [4.78, 5) is 19.1. The number of methoxy groups -OCH3 is 1. The number of aryl methyl sites for hydroxylation is 1. The number of hydrogen-bond acceptors (Lipinski definition) is 5. The molecule has 0 fully saturated rings. The van der Waals surface area contributed by atoms with E-state index in [0.29, 0.717) is 22.3 Å². The normalized spacial score (nSPS) is 18.3. The topological polar surface area (TPSA) is 77.2 Å². The van der Waals surface area contributed by atoms with Crippen LogP contribution in [0.3, 0.4) is 0 Å². The van der Waals surface area contributed by atoms with Crippen molar-refractivity contribution in [2.75, 3.05) is 20.8 Å². The number of aliphatic imine (C=N–C) groups is 1. The second kappa shape index (κ2) is 8.51. The Labute approximate surface area is 173 Å². The van der Waals surface area contributed by atoms with Gasteiger partial charge in [0.05, 0.1) is 0 Å². The number of hydrogen-bond donors (Lipinski definition) is 1. The van der Waals surface area contributed by atoms with E-state index in [4.69, 9.17) is 10.5 Å². The van der Waals surface area contributed by atoms with E-state index < -0.39 is 12.2 Å². The fourth-order valence-corrected chi connectivity index (χ4v) is 3.32. The van der Waals surface area contributed by atoms with Gasteiger partial charge in [0, 0.05) is 19.7 Å². The van der Waals surface area contributed by atoms with Crippen LogP contribution in [0.1, 0.15) is 22.3 Å². The van der Waals surface area contributed by atoms with E-state index in [1.807, 2.05) is 0 Å². The number of ether oxygens (including phenoxy) is 2. The van der Waals surface area contributed by atoms with E-state index in [1.54, 1.807) is 50.4 Å². The molecule has 3 rings (SSSR count). The van der Waals surface area contributed by atoms with Crippen molar-refractivity contribution in [3.8, 4) is 17.6 Å². The molecule has 0 bridgehead atoms. The van der Waals surface area contributed by atoms with Gasteiger partial charge in [0.25, 0.3) is 5.91 Å². The summed E-state index contributed by atoms with van der Waals surface area (Å²) in [5, 5.41) is 0. The molecule has 1 heterocycles. The summed E-state index contributed by atoms with van der Waals surface area (Å²) in [7, 11) is 3.08. The van der Waals surface area contributed by atoms with Crippen LogP contribution in [0.2, 0.25) is 0 Å². The molecule has 0 unspecified atom stereocenters. The van der Waals surface area contributed by atoms with Crippen LogP contribution in [0, 0.1) is 18.8 Å². The van der Waals surface area contributed by atoms with Crippen LogP contribution in [0.5, 0.6) is 5.75 Å². The number of nitrogens with zero attached hydrogens (tertiary/aromatic N) is 2. The Kier molecular flexibility index (Phi) is 6.04. The molecule has 2 aromatic carbocycles.